The van der Waals surface area contributed by atoms with E-state index in [-0.39, 0.29) is 0 Å². The molecule has 2 aromatic rings. The van der Waals surface area contributed by atoms with Crippen molar-refractivity contribution in [1.82, 2.24) is 19.5 Å². The maximum Gasteiger partial charge on any atom is 0.348 e. The Kier molecular flexibility index (Phi) is 4.30. The lowest BCUT2D eigenvalue weighted by atomic mass is 10.1. The molecule has 0 aliphatic carbocycles. The number of aromatic nitrogens is 4. The third-order valence-corrected chi connectivity index (χ3v) is 4.32. The Morgan fingerprint density at radius 2 is 2.04 bits per heavy atom. The van der Waals surface area contributed by atoms with Gasteiger partial charge in [0.05, 0.1) is 14.8 Å². The number of methoxy groups -OCH3 is 2. The van der Waals surface area contributed by atoms with Crippen LogP contribution in [0.4, 0.5) is 0 Å². The van der Waals surface area contributed by atoms with Gasteiger partial charge in [-0.05, 0) is 13.0 Å². The second kappa shape index (κ2) is 6.91. The second-order valence-electron chi connectivity index (χ2n) is 5.43. The van der Waals surface area contributed by atoms with Crippen molar-refractivity contribution in [2.24, 2.45) is 0 Å². The first-order valence-electron chi connectivity index (χ1n) is 8.29. The third kappa shape index (κ3) is 3.50. The number of aryl methyl sites for hydroxylation is 1. The quantitative estimate of drug-likeness (QED) is 0.731. The molecule has 0 unspecified atom stereocenters. The van der Waals surface area contributed by atoms with Gasteiger partial charge in [-0.15, -0.1) is 0 Å². The topological polar surface area (TPSA) is 129 Å². The van der Waals surface area contributed by atoms with Gasteiger partial charge in [0.25, 0.3) is 0 Å². The van der Waals surface area contributed by atoms with E-state index in [0.717, 1.165) is 0 Å². The highest BCUT2D eigenvalue weighted by Gasteiger charge is 2.46. The summed E-state index contributed by atoms with van der Waals surface area (Å²) in [6.45, 7) is 1.78. The average molecular weight is 372 g/mol. The van der Waals surface area contributed by atoms with Crippen LogP contribution in [0.2, 0.25) is 0 Å². The normalized spacial score (nSPS) is 29.5. The van der Waals surface area contributed by atoms with Crippen LogP contribution in [-0.2, 0) is 18.8 Å². The minimum Gasteiger partial charge on any atom is -0.375 e. The fourth-order valence-corrected chi connectivity index (χ4v) is 3.09. The molecule has 0 saturated carbocycles. The minimum absolute atomic E-state index is 0.474. The molecule has 0 radical (unpaired) electrons. The molecule has 25 heavy (non-hydrogen) atoms. The maximum atomic E-state index is 11.4. The zero-order valence-electron chi connectivity index (χ0n) is 15.7. The van der Waals surface area contributed by atoms with E-state index in [1.54, 1.807) is 11.5 Å². The highest BCUT2D eigenvalue weighted by atomic mass is 31.2. The van der Waals surface area contributed by atoms with Crippen LogP contribution in [0.3, 0.4) is 0 Å². The van der Waals surface area contributed by atoms with Crippen molar-refractivity contribution in [3.8, 4) is 0 Å². The Labute approximate surface area is 146 Å². The van der Waals surface area contributed by atoms with Crippen LogP contribution >= 0.6 is 7.60 Å². The molecule has 3 rings (SSSR count). The molecule has 1 saturated heterocycles. The molecular weight excluding hydrogens is 351 g/mol. The summed E-state index contributed by atoms with van der Waals surface area (Å²) < 4.78 is 45.3. The Morgan fingerprint density at radius 1 is 1.32 bits per heavy atom. The molecule has 0 spiro atoms. The molecule has 136 valence electrons. The maximum absolute atomic E-state index is 11.4. The molecule has 0 amide bonds. The van der Waals surface area contributed by atoms with Gasteiger partial charge in [-0.2, -0.15) is 0 Å². The van der Waals surface area contributed by atoms with E-state index in [0.29, 0.717) is 16.9 Å². The summed E-state index contributed by atoms with van der Waals surface area (Å²) >= 11 is 0. The van der Waals surface area contributed by atoms with Gasteiger partial charge in [-0.1, -0.05) is 0 Å². The van der Waals surface area contributed by atoms with Crippen LogP contribution in [-0.4, -0.2) is 61.8 Å². The molecule has 1 fully saturated rings. The first-order chi connectivity index (χ1) is 12.7. The lowest BCUT2D eigenvalue weighted by Gasteiger charge is -2.21. The van der Waals surface area contributed by atoms with Gasteiger partial charge >= 0.3 is 7.60 Å². The Bertz CT molecular complexity index is 931. The van der Waals surface area contributed by atoms with Crippen molar-refractivity contribution in [3.05, 3.63) is 30.2 Å². The average Bonchev–Trinajstić information content (AvgIpc) is 3.20. The van der Waals surface area contributed by atoms with Gasteiger partial charge in [-0.3, -0.25) is 9.13 Å². The number of hydrogen-bond donors (Lipinski definition) is 2. The lowest BCUT2D eigenvalue weighted by Crippen LogP contribution is -2.34. The Morgan fingerprint density at radius 3 is 2.68 bits per heavy atom. The number of imidazole rings is 1. The van der Waals surface area contributed by atoms with Crippen molar-refractivity contribution in [3.63, 3.8) is 0 Å². The molecule has 11 heteroatoms. The van der Waals surface area contributed by atoms with E-state index in [4.69, 9.17) is 17.0 Å². The van der Waals surface area contributed by atoms with Gasteiger partial charge < -0.3 is 24.0 Å². The third-order valence-electron chi connectivity index (χ3n) is 3.90. The molecule has 0 bridgehead atoms. The van der Waals surface area contributed by atoms with Gasteiger partial charge in [-0.25, -0.2) is 15.0 Å². The molecule has 2 aromatic heterocycles. The lowest BCUT2D eigenvalue weighted by molar-refractivity contribution is -0.0499. The summed E-state index contributed by atoms with van der Waals surface area (Å²) in [5, 5.41) is 0. The van der Waals surface area contributed by atoms with E-state index in [2.05, 4.69) is 15.0 Å². The number of hydrogen-bond acceptors (Lipinski definition) is 7. The molecule has 0 aromatic carbocycles. The van der Waals surface area contributed by atoms with Crippen molar-refractivity contribution in [1.29, 1.82) is 0 Å². The van der Waals surface area contributed by atoms with Crippen LogP contribution in [0.1, 0.15) is 14.7 Å². The van der Waals surface area contributed by atoms with E-state index >= 15 is 0 Å². The number of nitrogens with zero attached hydrogens (tertiary/aromatic N) is 4. The molecule has 1 aliphatic rings. The standard InChI is InChI=1S/C14H19N4O6P/c1-8-10-13(16-6-15-8)18(7-17-10)14-12(23-3)11(22-2)9(24-14)4-5-25(19,20)21/h4-7,9,11-12,14H,1-3H3,(H2,19,20,21)/b5-4+/t9-,11-,12-,14-/m1/s1/i4D,5D. The van der Waals surface area contributed by atoms with Crippen molar-refractivity contribution >= 4 is 18.8 Å². The molecule has 2 N–H and O–H groups in total. The van der Waals surface area contributed by atoms with Gasteiger partial charge in [0, 0.05) is 20.0 Å². The fraction of sp³-hybridized carbons (Fsp3) is 0.500. The predicted octanol–water partition coefficient (Wildman–Crippen LogP) is 0.754. The van der Waals surface area contributed by atoms with Gasteiger partial charge in [0.15, 0.2) is 11.9 Å². The zero-order chi connectivity index (χ0) is 19.9. The fourth-order valence-electron chi connectivity index (χ4n) is 2.79. The van der Waals surface area contributed by atoms with Crippen LogP contribution in [0.25, 0.3) is 11.2 Å². The highest BCUT2D eigenvalue weighted by Crippen LogP contribution is 2.39. The molecule has 3 heterocycles. The molecular formula is C14H19N4O6P. The molecule has 4 atom stereocenters. The van der Waals surface area contributed by atoms with Crippen LogP contribution in [0.15, 0.2) is 24.5 Å². The SMILES string of the molecule is [2H]/C(=C(/[2H])P(=O)(O)O)[C@H]1O[C@@H](n2cnc3c(C)ncnc32)[C@H](OC)[C@@H]1OC. The van der Waals surface area contributed by atoms with Crippen LogP contribution < -0.4 is 0 Å². The smallest absolute Gasteiger partial charge is 0.348 e. The number of rotatable bonds is 5. The highest BCUT2D eigenvalue weighted by molar-refractivity contribution is 7.55. The summed E-state index contributed by atoms with van der Waals surface area (Å²) in [7, 11) is -2.13. The monoisotopic (exact) mass is 372 g/mol. The zero-order valence-corrected chi connectivity index (χ0v) is 14.6. The number of fused-ring (bicyclic) bond motifs is 1. The largest absolute Gasteiger partial charge is 0.375 e. The second-order valence-corrected chi connectivity index (χ2v) is 6.74. The minimum atomic E-state index is -4.91. The first kappa shape index (κ1) is 15.6. The summed E-state index contributed by atoms with van der Waals surface area (Å²) in [4.78, 5) is 31.0. The van der Waals surface area contributed by atoms with Crippen molar-refractivity contribution in [2.75, 3.05) is 14.2 Å². The first-order valence-corrected chi connectivity index (χ1v) is 8.90. The molecule has 10 nitrogen and oxygen atoms in total. The van der Waals surface area contributed by atoms with E-state index in [9.17, 15) is 14.4 Å². The summed E-state index contributed by atoms with van der Waals surface area (Å²) in [6.07, 6.45) is -0.809. The summed E-state index contributed by atoms with van der Waals surface area (Å²) in [5.74, 6) is -1.13. The van der Waals surface area contributed by atoms with Crippen molar-refractivity contribution in [2.45, 2.75) is 31.5 Å². The van der Waals surface area contributed by atoms with Gasteiger partial charge in [0.2, 0.25) is 0 Å². The van der Waals surface area contributed by atoms with Crippen LogP contribution in [0, 0.1) is 6.92 Å². The summed E-state index contributed by atoms with van der Waals surface area (Å²) in [6, 6.07) is -0.671. The summed E-state index contributed by atoms with van der Waals surface area (Å²) in [5.41, 5.74) is 1.70. The molecule has 1 aliphatic heterocycles. The van der Waals surface area contributed by atoms with Crippen molar-refractivity contribution < 1.29 is 31.3 Å². The number of ether oxygens (including phenoxy) is 3. The van der Waals surface area contributed by atoms with E-state index in [1.165, 1.54) is 26.9 Å². The predicted molar refractivity (Wildman–Crippen MR) is 86.7 cm³/mol. The van der Waals surface area contributed by atoms with Crippen LogP contribution in [0.5, 0.6) is 0 Å². The van der Waals surface area contributed by atoms with E-state index in [1.807, 2.05) is 0 Å². The Balaban J connectivity index is 2.07. The Hall–Kier alpha value is -1.68. The van der Waals surface area contributed by atoms with E-state index < -0.39 is 44.0 Å². The van der Waals surface area contributed by atoms with Gasteiger partial charge in [0.1, 0.15) is 30.2 Å².